The molecule has 0 aliphatic carbocycles. The summed E-state index contributed by atoms with van der Waals surface area (Å²) < 4.78 is 7.47. The summed E-state index contributed by atoms with van der Waals surface area (Å²) in [5, 5.41) is 2.69. The lowest BCUT2D eigenvalue weighted by atomic mass is 10.0. The summed E-state index contributed by atoms with van der Waals surface area (Å²) >= 11 is 0. The van der Waals surface area contributed by atoms with E-state index >= 15 is 0 Å². The van der Waals surface area contributed by atoms with Crippen LogP contribution in [0.15, 0.2) is 57.9 Å². The van der Waals surface area contributed by atoms with E-state index in [1.165, 1.54) is 15.5 Å². The normalized spacial score (nSPS) is 11.4. The maximum atomic E-state index is 12.9. The lowest BCUT2D eigenvalue weighted by molar-refractivity contribution is -0.123. The predicted octanol–water partition coefficient (Wildman–Crippen LogP) is 3.99. The number of carbonyl (C=O) groups is 2. The number of anilines is 1. The van der Waals surface area contributed by atoms with E-state index in [9.17, 15) is 14.4 Å². The van der Waals surface area contributed by atoms with Gasteiger partial charge in [-0.05, 0) is 55.0 Å². The van der Waals surface area contributed by atoms with Gasteiger partial charge in [0, 0.05) is 26.7 Å². The van der Waals surface area contributed by atoms with Crippen LogP contribution in [0.1, 0.15) is 44.6 Å². The second-order valence-electron chi connectivity index (χ2n) is 8.90. The SMILES string of the molecule is CC(C)Cc1cccc2nc(Cn3cccc(NC(=O)CCC/C=C/C(=O)N(C)C)c3=O)oc12. The molecule has 0 radical (unpaired) electrons. The summed E-state index contributed by atoms with van der Waals surface area (Å²) in [6.45, 7) is 4.47. The number of likely N-dealkylation sites (N-methyl/N-ethyl adjacent to an activating group) is 1. The molecular weight excluding hydrogens is 432 g/mol. The fourth-order valence-electron chi connectivity index (χ4n) is 3.55. The number of fused-ring (bicyclic) bond motifs is 1. The molecule has 2 amide bonds. The number of rotatable bonds is 10. The Morgan fingerprint density at radius 1 is 1.21 bits per heavy atom. The maximum Gasteiger partial charge on any atom is 0.274 e. The zero-order valence-electron chi connectivity index (χ0n) is 20.2. The number of amides is 2. The third-order valence-corrected chi connectivity index (χ3v) is 5.24. The number of unbranched alkanes of at least 4 members (excludes halogenated alkanes) is 1. The van der Waals surface area contributed by atoms with Gasteiger partial charge in [0.15, 0.2) is 5.58 Å². The Morgan fingerprint density at radius 2 is 2.00 bits per heavy atom. The number of hydrogen-bond acceptors (Lipinski definition) is 5. The van der Waals surface area contributed by atoms with Crippen LogP contribution in [0.4, 0.5) is 5.69 Å². The number of aromatic nitrogens is 2. The van der Waals surface area contributed by atoms with Crippen molar-refractivity contribution in [2.45, 2.75) is 46.1 Å². The lowest BCUT2D eigenvalue weighted by Crippen LogP contribution is -2.25. The quantitative estimate of drug-likeness (QED) is 0.361. The zero-order valence-corrected chi connectivity index (χ0v) is 20.2. The molecule has 2 heterocycles. The highest BCUT2D eigenvalue weighted by Crippen LogP contribution is 2.23. The number of carbonyl (C=O) groups excluding carboxylic acids is 2. The van der Waals surface area contributed by atoms with Gasteiger partial charge in [0.05, 0.1) is 0 Å². The molecule has 3 rings (SSSR count). The standard InChI is InChI=1S/C26H32N4O4/c1-18(2)16-19-10-8-11-20-25(19)34-23(28-20)17-30-15-9-12-21(26(30)33)27-22(31)13-6-5-7-14-24(32)29(3)4/h7-12,14-15,18H,5-6,13,16-17H2,1-4H3,(H,27,31)/b14-7+. The summed E-state index contributed by atoms with van der Waals surface area (Å²) in [6.07, 6.45) is 7.19. The van der Waals surface area contributed by atoms with Gasteiger partial charge in [0.2, 0.25) is 17.7 Å². The molecule has 0 aliphatic rings. The molecule has 1 N–H and O–H groups in total. The third-order valence-electron chi connectivity index (χ3n) is 5.24. The Labute approximate surface area is 199 Å². The zero-order chi connectivity index (χ0) is 24.7. The first kappa shape index (κ1) is 25.0. The van der Waals surface area contributed by atoms with Crippen molar-refractivity contribution < 1.29 is 14.0 Å². The first-order chi connectivity index (χ1) is 16.2. The predicted molar refractivity (Wildman–Crippen MR) is 133 cm³/mol. The number of nitrogens with one attached hydrogen (secondary N) is 1. The molecule has 0 atom stereocenters. The number of para-hydroxylation sites is 1. The van der Waals surface area contributed by atoms with Crippen molar-refractivity contribution in [3.05, 3.63) is 70.5 Å². The van der Waals surface area contributed by atoms with E-state index in [1.54, 1.807) is 38.5 Å². The molecule has 3 aromatic rings. The van der Waals surface area contributed by atoms with E-state index in [2.05, 4.69) is 24.1 Å². The first-order valence-electron chi connectivity index (χ1n) is 11.5. The van der Waals surface area contributed by atoms with Crippen LogP contribution < -0.4 is 10.9 Å². The Hall–Kier alpha value is -3.68. The molecule has 8 nitrogen and oxygen atoms in total. The number of benzene rings is 1. The summed E-state index contributed by atoms with van der Waals surface area (Å²) in [5.41, 5.74) is 2.51. The van der Waals surface area contributed by atoms with Crippen LogP contribution in [0.2, 0.25) is 0 Å². The van der Waals surface area contributed by atoms with Crippen LogP contribution in [0, 0.1) is 5.92 Å². The van der Waals surface area contributed by atoms with Crippen molar-refractivity contribution in [1.29, 1.82) is 0 Å². The Bertz CT molecular complexity index is 1240. The van der Waals surface area contributed by atoms with Crippen molar-refractivity contribution >= 4 is 28.6 Å². The van der Waals surface area contributed by atoms with E-state index in [-0.39, 0.29) is 36.0 Å². The van der Waals surface area contributed by atoms with Gasteiger partial charge < -0.3 is 19.2 Å². The van der Waals surface area contributed by atoms with Crippen LogP contribution in [-0.2, 0) is 22.6 Å². The van der Waals surface area contributed by atoms with Crippen LogP contribution in [-0.4, -0.2) is 40.4 Å². The van der Waals surface area contributed by atoms with Gasteiger partial charge in [0.1, 0.15) is 17.7 Å². The fraction of sp³-hybridized carbons (Fsp3) is 0.385. The molecule has 8 heteroatoms. The monoisotopic (exact) mass is 464 g/mol. The average molecular weight is 465 g/mol. The van der Waals surface area contributed by atoms with Gasteiger partial charge in [-0.15, -0.1) is 0 Å². The molecule has 2 aromatic heterocycles. The van der Waals surface area contributed by atoms with E-state index in [1.807, 2.05) is 18.2 Å². The molecule has 0 bridgehead atoms. The number of nitrogens with zero attached hydrogens (tertiary/aromatic N) is 3. The first-order valence-corrected chi connectivity index (χ1v) is 11.5. The van der Waals surface area contributed by atoms with Gasteiger partial charge >= 0.3 is 0 Å². The van der Waals surface area contributed by atoms with Gasteiger partial charge in [0.25, 0.3) is 5.56 Å². The number of hydrogen-bond donors (Lipinski definition) is 1. The molecule has 0 aliphatic heterocycles. The maximum absolute atomic E-state index is 12.9. The highest BCUT2D eigenvalue weighted by Gasteiger charge is 2.13. The molecule has 1 aromatic carbocycles. The van der Waals surface area contributed by atoms with E-state index in [4.69, 9.17) is 4.42 Å². The minimum absolute atomic E-state index is 0.0932. The smallest absolute Gasteiger partial charge is 0.274 e. The molecular formula is C26H32N4O4. The molecule has 0 unspecified atom stereocenters. The van der Waals surface area contributed by atoms with Crippen molar-refractivity contribution in [3.8, 4) is 0 Å². The van der Waals surface area contributed by atoms with Crippen LogP contribution >= 0.6 is 0 Å². The lowest BCUT2D eigenvalue weighted by Gasteiger charge is -2.08. The number of oxazole rings is 1. The summed E-state index contributed by atoms with van der Waals surface area (Å²) in [4.78, 5) is 42.7. The van der Waals surface area contributed by atoms with Gasteiger partial charge in [-0.2, -0.15) is 0 Å². The largest absolute Gasteiger partial charge is 0.438 e. The summed E-state index contributed by atoms with van der Waals surface area (Å²) in [6, 6.07) is 9.19. The van der Waals surface area contributed by atoms with Crippen molar-refractivity contribution in [2.24, 2.45) is 5.92 Å². The number of pyridine rings is 1. The summed E-state index contributed by atoms with van der Waals surface area (Å²) in [5.74, 6) is 0.584. The number of allylic oxidation sites excluding steroid dienone is 1. The van der Waals surface area contributed by atoms with Crippen molar-refractivity contribution in [2.75, 3.05) is 19.4 Å². The Kier molecular flexibility index (Phi) is 8.40. The van der Waals surface area contributed by atoms with Crippen LogP contribution in [0.3, 0.4) is 0 Å². The molecule has 0 fully saturated rings. The molecule has 0 spiro atoms. The molecule has 180 valence electrons. The van der Waals surface area contributed by atoms with E-state index in [0.717, 1.165) is 23.1 Å². The minimum Gasteiger partial charge on any atom is -0.438 e. The Morgan fingerprint density at radius 3 is 2.74 bits per heavy atom. The highest BCUT2D eigenvalue weighted by atomic mass is 16.3. The summed E-state index contributed by atoms with van der Waals surface area (Å²) in [7, 11) is 3.36. The van der Waals surface area contributed by atoms with Crippen LogP contribution in [0.5, 0.6) is 0 Å². The molecule has 34 heavy (non-hydrogen) atoms. The highest BCUT2D eigenvalue weighted by molar-refractivity contribution is 5.90. The average Bonchev–Trinajstić information content (AvgIpc) is 3.19. The molecule has 0 saturated heterocycles. The fourth-order valence-corrected chi connectivity index (χ4v) is 3.55. The third kappa shape index (κ3) is 6.66. The van der Waals surface area contributed by atoms with E-state index in [0.29, 0.717) is 24.7 Å². The topological polar surface area (TPSA) is 97.4 Å². The molecule has 0 saturated carbocycles. The van der Waals surface area contributed by atoms with Gasteiger partial charge in [-0.3, -0.25) is 14.4 Å². The van der Waals surface area contributed by atoms with Gasteiger partial charge in [-0.1, -0.05) is 32.1 Å². The second-order valence-corrected chi connectivity index (χ2v) is 8.90. The minimum atomic E-state index is -0.322. The van der Waals surface area contributed by atoms with Crippen LogP contribution in [0.25, 0.3) is 11.1 Å². The van der Waals surface area contributed by atoms with Gasteiger partial charge in [-0.25, -0.2) is 4.98 Å². The Balaban J connectivity index is 1.63. The van der Waals surface area contributed by atoms with Crippen molar-refractivity contribution in [3.63, 3.8) is 0 Å². The second kappa shape index (κ2) is 11.4. The van der Waals surface area contributed by atoms with Crippen molar-refractivity contribution in [1.82, 2.24) is 14.5 Å². The van der Waals surface area contributed by atoms with E-state index < -0.39 is 0 Å².